The van der Waals surface area contributed by atoms with Gasteiger partial charge in [0.25, 0.3) is 0 Å². The number of nitrogens with zero attached hydrogens (tertiary/aromatic N) is 1. The second-order valence-electron chi connectivity index (χ2n) is 9.23. The van der Waals surface area contributed by atoms with Crippen molar-refractivity contribution in [3.8, 4) is 0 Å². The number of hydrogen-bond donors (Lipinski definition) is 0. The SMILES string of the molecule is COC(=O)[C@@H]1CCC(O[Si](C)(C)C(C)(C)C)=C[C@@H]1N1CCc2ccccc21. The zero-order valence-electron chi connectivity index (χ0n) is 17.5. The molecule has 0 saturated carbocycles. The van der Waals surface area contributed by atoms with Crippen molar-refractivity contribution in [3.05, 3.63) is 41.7 Å². The summed E-state index contributed by atoms with van der Waals surface area (Å²) in [6.07, 6.45) is 4.80. The van der Waals surface area contributed by atoms with E-state index in [4.69, 9.17) is 9.16 Å². The number of rotatable bonds is 4. The van der Waals surface area contributed by atoms with Crippen molar-refractivity contribution in [1.82, 2.24) is 0 Å². The molecule has 0 aromatic heterocycles. The first-order chi connectivity index (χ1) is 12.6. The number of carbonyl (C=O) groups excluding carboxylic acids is 1. The topological polar surface area (TPSA) is 38.8 Å². The molecule has 1 aliphatic carbocycles. The summed E-state index contributed by atoms with van der Waals surface area (Å²) < 4.78 is 11.7. The van der Waals surface area contributed by atoms with E-state index in [1.165, 1.54) is 18.4 Å². The van der Waals surface area contributed by atoms with E-state index in [-0.39, 0.29) is 23.0 Å². The van der Waals surface area contributed by atoms with Crippen molar-refractivity contribution in [1.29, 1.82) is 0 Å². The van der Waals surface area contributed by atoms with Gasteiger partial charge in [0.2, 0.25) is 8.32 Å². The Morgan fingerprint density at radius 1 is 1.19 bits per heavy atom. The molecule has 0 amide bonds. The average Bonchev–Trinajstić information content (AvgIpc) is 3.03. The minimum Gasteiger partial charge on any atom is -0.547 e. The lowest BCUT2D eigenvalue weighted by molar-refractivity contribution is -0.146. The maximum atomic E-state index is 12.5. The van der Waals surface area contributed by atoms with E-state index in [0.717, 1.165) is 31.6 Å². The van der Waals surface area contributed by atoms with Gasteiger partial charge in [-0.1, -0.05) is 39.0 Å². The highest BCUT2D eigenvalue weighted by atomic mass is 28.4. The van der Waals surface area contributed by atoms with Crippen LogP contribution in [0.3, 0.4) is 0 Å². The standard InChI is InChI=1S/C22H33NO3Si/c1-22(2,3)27(5,6)26-17-11-12-18(21(24)25-4)20(15-17)23-14-13-16-9-7-8-10-19(16)23/h7-10,15,18,20H,11-14H2,1-6H3/t18-,20+/m1/s1. The molecule has 2 aliphatic rings. The van der Waals surface area contributed by atoms with E-state index in [0.29, 0.717) is 0 Å². The van der Waals surface area contributed by atoms with Crippen LogP contribution in [0, 0.1) is 5.92 Å². The Hall–Kier alpha value is -1.75. The molecule has 0 fully saturated rings. The third-order valence-corrected chi connectivity index (χ3v) is 10.8. The zero-order valence-corrected chi connectivity index (χ0v) is 18.5. The van der Waals surface area contributed by atoms with E-state index < -0.39 is 8.32 Å². The first-order valence-corrected chi connectivity index (χ1v) is 12.9. The maximum Gasteiger partial charge on any atom is 0.311 e. The van der Waals surface area contributed by atoms with Crippen LogP contribution in [0.25, 0.3) is 0 Å². The highest BCUT2D eigenvalue weighted by Crippen LogP contribution is 2.41. The molecular formula is C22H33NO3Si. The Labute approximate surface area is 164 Å². The van der Waals surface area contributed by atoms with Crippen LogP contribution in [0.1, 0.15) is 39.2 Å². The summed E-state index contributed by atoms with van der Waals surface area (Å²) >= 11 is 0. The fraction of sp³-hybridized carbons (Fsp3) is 0.591. The van der Waals surface area contributed by atoms with E-state index in [1.54, 1.807) is 0 Å². The van der Waals surface area contributed by atoms with Gasteiger partial charge in [0.15, 0.2) is 0 Å². The van der Waals surface area contributed by atoms with Gasteiger partial charge in [0.05, 0.1) is 24.8 Å². The largest absolute Gasteiger partial charge is 0.547 e. The number of anilines is 1. The van der Waals surface area contributed by atoms with Gasteiger partial charge in [-0.25, -0.2) is 0 Å². The summed E-state index contributed by atoms with van der Waals surface area (Å²) in [5.74, 6) is 0.788. The first kappa shape index (κ1) is 20.0. The second kappa shape index (κ2) is 7.34. The molecule has 5 heteroatoms. The normalized spacial score (nSPS) is 22.9. The molecular weight excluding hydrogens is 354 g/mol. The summed E-state index contributed by atoms with van der Waals surface area (Å²) in [4.78, 5) is 14.9. The molecule has 0 unspecified atom stereocenters. The van der Waals surface area contributed by atoms with Crippen LogP contribution >= 0.6 is 0 Å². The number of allylic oxidation sites excluding steroid dienone is 1. The van der Waals surface area contributed by atoms with Crippen LogP contribution in [-0.4, -0.2) is 34.0 Å². The molecule has 148 valence electrons. The molecule has 0 N–H and O–H groups in total. The first-order valence-electron chi connectivity index (χ1n) is 9.96. The van der Waals surface area contributed by atoms with Crippen LogP contribution in [0.4, 0.5) is 5.69 Å². The van der Waals surface area contributed by atoms with Crippen LogP contribution < -0.4 is 4.90 Å². The Balaban J connectivity index is 1.92. The monoisotopic (exact) mass is 387 g/mol. The molecule has 0 saturated heterocycles. The second-order valence-corrected chi connectivity index (χ2v) is 14.0. The molecule has 0 bridgehead atoms. The molecule has 27 heavy (non-hydrogen) atoms. The lowest BCUT2D eigenvalue weighted by atomic mass is 9.87. The van der Waals surface area contributed by atoms with Crippen molar-refractivity contribution in [2.45, 2.75) is 64.2 Å². The number of benzene rings is 1. The van der Waals surface area contributed by atoms with Gasteiger partial charge < -0.3 is 14.1 Å². The molecule has 1 aromatic carbocycles. The van der Waals surface area contributed by atoms with Gasteiger partial charge in [-0.2, -0.15) is 0 Å². The minimum atomic E-state index is -1.89. The number of fused-ring (bicyclic) bond motifs is 1. The lowest BCUT2D eigenvalue weighted by Crippen LogP contribution is -2.46. The van der Waals surface area contributed by atoms with E-state index in [9.17, 15) is 4.79 Å². The fourth-order valence-corrected chi connectivity index (χ4v) is 4.95. The number of methoxy groups -OCH3 is 1. The predicted molar refractivity (Wildman–Crippen MR) is 112 cm³/mol. The van der Waals surface area contributed by atoms with Gasteiger partial charge in [-0.05, 0) is 48.7 Å². The van der Waals surface area contributed by atoms with Crippen molar-refractivity contribution in [2.75, 3.05) is 18.6 Å². The summed E-state index contributed by atoms with van der Waals surface area (Å²) in [7, 11) is -0.405. The molecule has 3 rings (SSSR count). The molecule has 4 nitrogen and oxygen atoms in total. The van der Waals surface area contributed by atoms with Crippen LogP contribution in [0.15, 0.2) is 36.1 Å². The van der Waals surface area contributed by atoms with Gasteiger partial charge in [0, 0.05) is 18.7 Å². The quantitative estimate of drug-likeness (QED) is 0.544. The van der Waals surface area contributed by atoms with Crippen molar-refractivity contribution in [2.24, 2.45) is 5.92 Å². The molecule has 1 heterocycles. The fourth-order valence-electron chi connectivity index (χ4n) is 3.81. The van der Waals surface area contributed by atoms with Gasteiger partial charge in [-0.3, -0.25) is 4.79 Å². The van der Waals surface area contributed by atoms with Crippen molar-refractivity contribution in [3.63, 3.8) is 0 Å². The van der Waals surface area contributed by atoms with Gasteiger partial charge in [0.1, 0.15) is 0 Å². The van der Waals surface area contributed by atoms with Gasteiger partial charge in [-0.15, -0.1) is 0 Å². The molecule has 1 aromatic rings. The van der Waals surface area contributed by atoms with Gasteiger partial charge >= 0.3 is 5.97 Å². The summed E-state index contributed by atoms with van der Waals surface area (Å²) in [6, 6.07) is 8.50. The Morgan fingerprint density at radius 2 is 1.89 bits per heavy atom. The Bertz CT molecular complexity index is 735. The molecule has 0 radical (unpaired) electrons. The Morgan fingerprint density at radius 3 is 2.56 bits per heavy atom. The third-order valence-electron chi connectivity index (χ3n) is 6.45. The average molecular weight is 388 g/mol. The molecule has 0 spiro atoms. The number of carbonyl (C=O) groups is 1. The number of hydrogen-bond acceptors (Lipinski definition) is 4. The summed E-state index contributed by atoms with van der Waals surface area (Å²) in [6.45, 7) is 12.3. The van der Waals surface area contributed by atoms with E-state index >= 15 is 0 Å². The third kappa shape index (κ3) is 3.93. The smallest absolute Gasteiger partial charge is 0.311 e. The number of para-hydroxylation sites is 1. The highest BCUT2D eigenvalue weighted by molar-refractivity contribution is 6.74. The van der Waals surface area contributed by atoms with Crippen LogP contribution in [0.5, 0.6) is 0 Å². The summed E-state index contributed by atoms with van der Waals surface area (Å²) in [5, 5.41) is 0.156. The lowest BCUT2D eigenvalue weighted by Gasteiger charge is -2.41. The molecule has 1 aliphatic heterocycles. The number of ether oxygens (including phenoxy) is 1. The van der Waals surface area contributed by atoms with Crippen molar-refractivity contribution >= 4 is 20.0 Å². The summed E-state index contributed by atoms with van der Waals surface area (Å²) in [5.41, 5.74) is 2.59. The van der Waals surface area contributed by atoms with E-state index in [1.807, 2.05) is 0 Å². The molecule has 2 atom stereocenters. The van der Waals surface area contributed by atoms with E-state index in [2.05, 4.69) is 69.1 Å². The van der Waals surface area contributed by atoms with Crippen LogP contribution in [0.2, 0.25) is 18.1 Å². The zero-order chi connectivity index (χ0) is 19.8. The minimum absolute atomic E-state index is 0.00498. The van der Waals surface area contributed by atoms with Crippen molar-refractivity contribution < 1.29 is 14.0 Å². The predicted octanol–water partition coefficient (Wildman–Crippen LogP) is 4.91. The highest BCUT2D eigenvalue weighted by Gasteiger charge is 2.42. The van der Waals surface area contributed by atoms with Crippen LogP contribution in [-0.2, 0) is 20.4 Å². The maximum absolute atomic E-state index is 12.5. The number of esters is 1. The Kier molecular flexibility index (Phi) is 5.44.